The zero-order valence-corrected chi connectivity index (χ0v) is 20.4. The number of hydrogen-bond donors (Lipinski definition) is 1. The van der Waals surface area contributed by atoms with Crippen LogP contribution >= 0.6 is 11.6 Å². The van der Waals surface area contributed by atoms with Crippen LogP contribution < -0.4 is 19.1 Å². The minimum absolute atomic E-state index is 0.0653. The van der Waals surface area contributed by atoms with Gasteiger partial charge in [0, 0.05) is 6.54 Å². The van der Waals surface area contributed by atoms with Crippen molar-refractivity contribution in [1.82, 2.24) is 0 Å². The van der Waals surface area contributed by atoms with Gasteiger partial charge < -0.3 is 14.8 Å². The lowest BCUT2D eigenvalue weighted by Gasteiger charge is -2.30. The van der Waals surface area contributed by atoms with Gasteiger partial charge in [-0.3, -0.25) is 9.10 Å². The van der Waals surface area contributed by atoms with Gasteiger partial charge >= 0.3 is 0 Å². The Hall–Kier alpha value is -3.23. The highest BCUT2D eigenvalue weighted by atomic mass is 35.5. The zero-order valence-electron chi connectivity index (χ0n) is 18.9. The average Bonchev–Trinajstić information content (AvgIpc) is 2.83. The van der Waals surface area contributed by atoms with Gasteiger partial charge in [-0.2, -0.15) is 0 Å². The molecule has 7 nitrogen and oxygen atoms in total. The molecule has 9 heteroatoms. The molecular weight excluding hydrogens is 476 g/mol. The van der Waals surface area contributed by atoms with Gasteiger partial charge in [0.15, 0.2) is 6.61 Å². The summed E-state index contributed by atoms with van der Waals surface area (Å²) < 4.78 is 38.9. The first-order valence-corrected chi connectivity index (χ1v) is 12.6. The standard InChI is InChI=1S/C25H25ClN2O5S/c1-17-9-11-24(32-2)21(14-17)27-25(29)16-33-23-12-10-19(15-20(23)26)34(30,31)28-13-5-7-18-6-3-4-8-22(18)28/h3-4,6,8-12,14-15H,5,7,13,16H2,1-2H3,(H,27,29). The third-order valence-electron chi connectivity index (χ3n) is 5.55. The predicted molar refractivity (Wildman–Crippen MR) is 133 cm³/mol. The SMILES string of the molecule is COc1ccc(C)cc1NC(=O)COc1ccc(S(=O)(=O)N2CCCc3ccccc32)cc1Cl. The van der Waals surface area contributed by atoms with E-state index in [9.17, 15) is 13.2 Å². The first-order valence-electron chi connectivity index (χ1n) is 10.8. The lowest BCUT2D eigenvalue weighted by molar-refractivity contribution is -0.118. The second-order valence-corrected chi connectivity index (χ2v) is 10.2. The van der Waals surface area contributed by atoms with Crippen LogP contribution in [0.2, 0.25) is 5.02 Å². The number of carbonyl (C=O) groups excluding carboxylic acids is 1. The maximum absolute atomic E-state index is 13.3. The molecule has 4 rings (SSSR count). The molecule has 0 radical (unpaired) electrons. The lowest BCUT2D eigenvalue weighted by atomic mass is 10.0. The van der Waals surface area contributed by atoms with Crippen LogP contribution in [0.1, 0.15) is 17.5 Å². The number of carbonyl (C=O) groups is 1. The van der Waals surface area contributed by atoms with Crippen molar-refractivity contribution in [3.63, 3.8) is 0 Å². The topological polar surface area (TPSA) is 84.9 Å². The monoisotopic (exact) mass is 500 g/mol. The van der Waals surface area contributed by atoms with Crippen molar-refractivity contribution in [1.29, 1.82) is 0 Å². The number of halogens is 1. The molecular formula is C25H25ClN2O5S. The number of methoxy groups -OCH3 is 1. The molecule has 0 spiro atoms. The summed E-state index contributed by atoms with van der Waals surface area (Å²) in [7, 11) is -2.28. The van der Waals surface area contributed by atoms with E-state index in [1.807, 2.05) is 37.3 Å². The maximum atomic E-state index is 13.3. The fourth-order valence-electron chi connectivity index (χ4n) is 3.88. The van der Waals surface area contributed by atoms with E-state index in [4.69, 9.17) is 21.1 Å². The van der Waals surface area contributed by atoms with Crippen LogP contribution in [0.3, 0.4) is 0 Å². The van der Waals surface area contributed by atoms with Gasteiger partial charge in [0.1, 0.15) is 11.5 Å². The molecule has 0 aliphatic carbocycles. The first kappa shape index (κ1) is 23.9. The smallest absolute Gasteiger partial charge is 0.264 e. The van der Waals surface area contributed by atoms with Crippen molar-refractivity contribution >= 4 is 38.9 Å². The Kier molecular flexibility index (Phi) is 7.00. The molecule has 0 saturated heterocycles. The van der Waals surface area contributed by atoms with Crippen LogP contribution in [0.4, 0.5) is 11.4 Å². The highest BCUT2D eigenvalue weighted by molar-refractivity contribution is 7.92. The molecule has 1 N–H and O–H groups in total. The van der Waals surface area contributed by atoms with Gasteiger partial charge in [-0.05, 0) is 67.3 Å². The zero-order chi connectivity index (χ0) is 24.3. The van der Waals surface area contributed by atoms with Crippen molar-refractivity contribution in [2.45, 2.75) is 24.7 Å². The summed E-state index contributed by atoms with van der Waals surface area (Å²) in [6, 6.07) is 17.2. The van der Waals surface area contributed by atoms with E-state index in [1.54, 1.807) is 12.1 Å². The first-order chi connectivity index (χ1) is 16.3. The fraction of sp³-hybridized carbons (Fsp3) is 0.240. The molecule has 178 valence electrons. The number of amides is 1. The number of nitrogens with one attached hydrogen (secondary N) is 1. The van der Waals surface area contributed by atoms with Gasteiger partial charge in [0.2, 0.25) is 0 Å². The van der Waals surface area contributed by atoms with E-state index in [-0.39, 0.29) is 22.3 Å². The van der Waals surface area contributed by atoms with Crippen LogP contribution in [-0.4, -0.2) is 34.6 Å². The molecule has 0 saturated carbocycles. The number of rotatable bonds is 7. The molecule has 0 aromatic heterocycles. The number of hydrogen-bond acceptors (Lipinski definition) is 5. The summed E-state index contributed by atoms with van der Waals surface area (Å²) in [5.41, 5.74) is 3.19. The summed E-state index contributed by atoms with van der Waals surface area (Å²) in [4.78, 5) is 12.5. The number of sulfonamides is 1. The van der Waals surface area contributed by atoms with E-state index >= 15 is 0 Å². The van der Waals surface area contributed by atoms with Crippen LogP contribution in [0, 0.1) is 6.92 Å². The van der Waals surface area contributed by atoms with E-state index in [0.717, 1.165) is 24.0 Å². The molecule has 3 aromatic carbocycles. The molecule has 1 aliphatic rings. The Morgan fingerprint density at radius 2 is 1.85 bits per heavy atom. The molecule has 34 heavy (non-hydrogen) atoms. The van der Waals surface area contributed by atoms with Gasteiger partial charge in [-0.15, -0.1) is 0 Å². The molecule has 0 unspecified atom stereocenters. The number of ether oxygens (including phenoxy) is 2. The third kappa shape index (κ3) is 4.98. The number of nitrogens with zero attached hydrogens (tertiary/aromatic N) is 1. The second-order valence-electron chi connectivity index (χ2n) is 7.94. The summed E-state index contributed by atoms with van der Waals surface area (Å²) in [6.45, 7) is 2.00. The van der Waals surface area contributed by atoms with E-state index in [2.05, 4.69) is 5.32 Å². The lowest BCUT2D eigenvalue weighted by Crippen LogP contribution is -2.35. The minimum atomic E-state index is -3.80. The van der Waals surface area contributed by atoms with Crippen molar-refractivity contribution in [2.24, 2.45) is 0 Å². The van der Waals surface area contributed by atoms with E-state index in [1.165, 1.54) is 29.6 Å². The number of fused-ring (bicyclic) bond motifs is 1. The Labute approximate surface area is 204 Å². The Bertz CT molecular complexity index is 1330. The maximum Gasteiger partial charge on any atom is 0.264 e. The van der Waals surface area contributed by atoms with Crippen LogP contribution in [0.5, 0.6) is 11.5 Å². The largest absolute Gasteiger partial charge is 0.495 e. The Balaban J connectivity index is 1.47. The number of aryl methyl sites for hydroxylation is 2. The Morgan fingerprint density at radius 1 is 1.09 bits per heavy atom. The van der Waals surface area contributed by atoms with E-state index in [0.29, 0.717) is 23.7 Å². The number of para-hydroxylation sites is 1. The van der Waals surface area contributed by atoms with Gasteiger partial charge in [-0.1, -0.05) is 35.9 Å². The fourth-order valence-corrected chi connectivity index (χ4v) is 5.75. The molecule has 0 fully saturated rings. The summed E-state index contributed by atoms with van der Waals surface area (Å²) >= 11 is 6.33. The van der Waals surface area contributed by atoms with Crippen molar-refractivity contribution in [2.75, 3.05) is 29.9 Å². The molecule has 0 atom stereocenters. The van der Waals surface area contributed by atoms with Gasteiger partial charge in [0.05, 0.1) is 28.4 Å². The predicted octanol–water partition coefficient (Wildman–Crippen LogP) is 4.82. The summed E-state index contributed by atoms with van der Waals surface area (Å²) in [6.07, 6.45) is 1.58. The Morgan fingerprint density at radius 3 is 2.62 bits per heavy atom. The molecule has 0 bridgehead atoms. The van der Waals surface area contributed by atoms with Crippen LogP contribution in [0.25, 0.3) is 0 Å². The quantitative estimate of drug-likeness (QED) is 0.503. The van der Waals surface area contributed by atoms with Gasteiger partial charge in [0.25, 0.3) is 15.9 Å². The highest BCUT2D eigenvalue weighted by Crippen LogP contribution is 2.34. The van der Waals surface area contributed by atoms with Gasteiger partial charge in [-0.25, -0.2) is 8.42 Å². The normalized spacial score (nSPS) is 13.2. The number of anilines is 2. The second kappa shape index (κ2) is 9.95. The van der Waals surface area contributed by atoms with Crippen LogP contribution in [0.15, 0.2) is 65.6 Å². The van der Waals surface area contributed by atoms with Crippen molar-refractivity contribution in [3.8, 4) is 11.5 Å². The summed E-state index contributed by atoms with van der Waals surface area (Å²) in [5.74, 6) is 0.346. The molecule has 1 heterocycles. The number of benzene rings is 3. The minimum Gasteiger partial charge on any atom is -0.495 e. The molecule has 1 amide bonds. The third-order valence-corrected chi connectivity index (χ3v) is 7.65. The summed E-state index contributed by atoms with van der Waals surface area (Å²) in [5, 5.41) is 2.85. The molecule has 3 aromatic rings. The van der Waals surface area contributed by atoms with Crippen molar-refractivity contribution < 1.29 is 22.7 Å². The van der Waals surface area contributed by atoms with E-state index < -0.39 is 15.9 Å². The van der Waals surface area contributed by atoms with Crippen LogP contribution in [-0.2, 0) is 21.2 Å². The highest BCUT2D eigenvalue weighted by Gasteiger charge is 2.29. The van der Waals surface area contributed by atoms with Crippen molar-refractivity contribution in [3.05, 3.63) is 76.8 Å². The molecule has 1 aliphatic heterocycles. The average molecular weight is 501 g/mol.